The maximum atomic E-state index is 13.9. The monoisotopic (exact) mass is 316 g/mol. The zero-order chi connectivity index (χ0) is 16.2. The molecule has 0 bridgehead atoms. The summed E-state index contributed by atoms with van der Waals surface area (Å²) < 4.78 is 25.0. The fourth-order valence-electron chi connectivity index (χ4n) is 1.67. The largest absolute Gasteiger partial charge is 0.352 e. The normalized spacial score (nSPS) is 13.5. The number of rotatable bonds is 6. The molecule has 2 unspecified atom stereocenters. The van der Waals surface area contributed by atoms with E-state index in [2.05, 4.69) is 5.32 Å². The Morgan fingerprint density at radius 3 is 2.67 bits per heavy atom. The van der Waals surface area contributed by atoms with Crippen LogP contribution in [-0.4, -0.2) is 33.1 Å². The van der Waals surface area contributed by atoms with Gasteiger partial charge in [0.25, 0.3) is 11.6 Å². The van der Waals surface area contributed by atoms with E-state index in [-0.39, 0.29) is 28.6 Å². The molecule has 0 saturated carbocycles. The summed E-state index contributed by atoms with van der Waals surface area (Å²) in [5.41, 5.74) is -0.647. The van der Waals surface area contributed by atoms with Crippen LogP contribution in [0.15, 0.2) is 12.1 Å². The van der Waals surface area contributed by atoms with E-state index in [9.17, 15) is 23.5 Å². The first-order valence-corrected chi connectivity index (χ1v) is 7.91. The SMILES string of the molecule is Cc1cc([N+](=O)[O-])cc(C(=O)NCCC(C)S(C)=O)c1F. The lowest BCUT2D eigenvalue weighted by Gasteiger charge is -2.10. The molecule has 1 aromatic rings. The molecule has 1 aromatic carbocycles. The molecule has 0 saturated heterocycles. The van der Waals surface area contributed by atoms with Gasteiger partial charge in [0.1, 0.15) is 5.82 Å². The Kier molecular flexibility index (Phi) is 5.95. The van der Waals surface area contributed by atoms with Crippen molar-refractivity contribution in [3.05, 3.63) is 39.2 Å². The van der Waals surface area contributed by atoms with Crippen LogP contribution in [0.2, 0.25) is 0 Å². The highest BCUT2D eigenvalue weighted by Crippen LogP contribution is 2.21. The molecule has 6 nitrogen and oxygen atoms in total. The van der Waals surface area contributed by atoms with E-state index < -0.39 is 27.4 Å². The van der Waals surface area contributed by atoms with E-state index in [1.807, 2.05) is 0 Å². The second-order valence-electron chi connectivity index (χ2n) is 4.74. The zero-order valence-electron chi connectivity index (χ0n) is 12.0. The van der Waals surface area contributed by atoms with E-state index in [0.29, 0.717) is 6.42 Å². The second kappa shape index (κ2) is 7.26. The Bertz CT molecular complexity index is 592. The first-order chi connectivity index (χ1) is 9.73. The van der Waals surface area contributed by atoms with Gasteiger partial charge in [0, 0.05) is 41.0 Å². The van der Waals surface area contributed by atoms with Gasteiger partial charge in [0.15, 0.2) is 0 Å². The summed E-state index contributed by atoms with van der Waals surface area (Å²) in [5, 5.41) is 13.1. The molecule has 0 fully saturated rings. The Hall–Kier alpha value is -1.83. The maximum Gasteiger partial charge on any atom is 0.270 e. The van der Waals surface area contributed by atoms with Crippen molar-refractivity contribution in [2.45, 2.75) is 25.5 Å². The highest BCUT2D eigenvalue weighted by Gasteiger charge is 2.19. The number of carbonyl (C=O) groups excluding carboxylic acids is 1. The molecule has 0 aromatic heterocycles. The van der Waals surface area contributed by atoms with Crippen molar-refractivity contribution in [1.82, 2.24) is 5.32 Å². The number of hydrogen-bond acceptors (Lipinski definition) is 4. The molecule has 0 aliphatic rings. The van der Waals surface area contributed by atoms with Crippen LogP contribution < -0.4 is 5.32 Å². The van der Waals surface area contributed by atoms with Crippen LogP contribution in [0.25, 0.3) is 0 Å². The topological polar surface area (TPSA) is 89.3 Å². The highest BCUT2D eigenvalue weighted by molar-refractivity contribution is 7.84. The number of halogens is 1. The molecular weight excluding hydrogens is 299 g/mol. The number of nitrogens with zero attached hydrogens (tertiary/aromatic N) is 1. The number of amides is 1. The number of non-ortho nitro benzene ring substituents is 1. The fourth-order valence-corrected chi connectivity index (χ4v) is 2.12. The minimum absolute atomic E-state index is 0.0392. The summed E-state index contributed by atoms with van der Waals surface area (Å²) in [5.74, 6) is -1.49. The van der Waals surface area contributed by atoms with Crippen molar-refractivity contribution in [2.75, 3.05) is 12.8 Å². The quantitative estimate of drug-likeness (QED) is 0.641. The number of nitrogens with one attached hydrogen (secondary N) is 1. The number of aryl methyl sites for hydroxylation is 1. The van der Waals surface area contributed by atoms with Crippen LogP contribution in [0.4, 0.5) is 10.1 Å². The minimum Gasteiger partial charge on any atom is -0.352 e. The zero-order valence-corrected chi connectivity index (χ0v) is 12.8. The summed E-state index contributed by atoms with van der Waals surface area (Å²) >= 11 is 0. The first-order valence-electron chi connectivity index (χ1n) is 6.29. The predicted molar refractivity (Wildman–Crippen MR) is 78.3 cm³/mol. The third kappa shape index (κ3) is 4.59. The molecule has 1 rings (SSSR count). The number of hydrogen-bond donors (Lipinski definition) is 1. The van der Waals surface area contributed by atoms with Crippen molar-refractivity contribution in [2.24, 2.45) is 0 Å². The number of benzene rings is 1. The molecule has 8 heteroatoms. The third-order valence-corrected chi connectivity index (χ3v) is 4.47. The molecule has 1 amide bonds. The van der Waals surface area contributed by atoms with Gasteiger partial charge in [0.05, 0.1) is 10.5 Å². The second-order valence-corrected chi connectivity index (χ2v) is 6.54. The van der Waals surface area contributed by atoms with E-state index in [1.54, 1.807) is 13.2 Å². The standard InChI is InChI=1S/C13H17FN2O4S/c1-8-6-10(16(18)19)7-11(12(8)14)13(17)15-5-4-9(2)21(3)20/h6-7,9H,4-5H2,1-3H3,(H,15,17). The molecule has 1 N–H and O–H groups in total. The average Bonchev–Trinajstić information content (AvgIpc) is 2.40. The van der Waals surface area contributed by atoms with Crippen molar-refractivity contribution in [1.29, 1.82) is 0 Å². The lowest BCUT2D eigenvalue weighted by atomic mass is 10.1. The van der Waals surface area contributed by atoms with Crippen molar-refractivity contribution in [3.8, 4) is 0 Å². The predicted octanol–water partition coefficient (Wildman–Crippen LogP) is 1.93. The molecule has 0 heterocycles. The molecule has 0 aliphatic heterocycles. The van der Waals surface area contributed by atoms with Crippen LogP contribution >= 0.6 is 0 Å². The van der Waals surface area contributed by atoms with Crippen LogP contribution in [0.3, 0.4) is 0 Å². The van der Waals surface area contributed by atoms with Gasteiger partial charge in [-0.25, -0.2) is 4.39 Å². The maximum absolute atomic E-state index is 13.9. The highest BCUT2D eigenvalue weighted by atomic mass is 32.2. The van der Waals surface area contributed by atoms with Crippen LogP contribution in [0, 0.1) is 22.9 Å². The summed E-state index contributed by atoms with van der Waals surface area (Å²) in [4.78, 5) is 22.0. The van der Waals surface area contributed by atoms with Gasteiger partial charge in [-0.1, -0.05) is 6.92 Å². The first kappa shape index (κ1) is 17.2. The van der Waals surface area contributed by atoms with Crippen LogP contribution in [0.1, 0.15) is 29.3 Å². The summed E-state index contributed by atoms with van der Waals surface area (Å²) in [6.07, 6.45) is 2.04. The molecule has 0 spiro atoms. The lowest BCUT2D eigenvalue weighted by molar-refractivity contribution is -0.385. The Morgan fingerprint density at radius 1 is 1.52 bits per heavy atom. The van der Waals surface area contributed by atoms with Gasteiger partial charge in [-0.05, 0) is 18.9 Å². The summed E-state index contributed by atoms with van der Waals surface area (Å²) in [7, 11) is -1.00. The lowest BCUT2D eigenvalue weighted by Crippen LogP contribution is -2.28. The van der Waals surface area contributed by atoms with Gasteiger partial charge in [0.2, 0.25) is 0 Å². The summed E-state index contributed by atoms with van der Waals surface area (Å²) in [6.45, 7) is 3.36. The Balaban J connectivity index is 2.83. The summed E-state index contributed by atoms with van der Waals surface area (Å²) in [6, 6.07) is 1.99. The van der Waals surface area contributed by atoms with Gasteiger partial charge >= 0.3 is 0 Å². The smallest absolute Gasteiger partial charge is 0.270 e. The Morgan fingerprint density at radius 2 is 2.14 bits per heavy atom. The van der Waals surface area contributed by atoms with Crippen molar-refractivity contribution < 1.29 is 18.3 Å². The van der Waals surface area contributed by atoms with Gasteiger partial charge < -0.3 is 5.32 Å². The Labute approximate surface area is 124 Å². The number of nitro benzene ring substituents is 1. The van der Waals surface area contributed by atoms with Crippen molar-refractivity contribution in [3.63, 3.8) is 0 Å². The van der Waals surface area contributed by atoms with Gasteiger partial charge in [-0.2, -0.15) is 0 Å². The van der Waals surface area contributed by atoms with Gasteiger partial charge in [-0.15, -0.1) is 0 Å². The molecule has 0 aliphatic carbocycles. The molecule has 21 heavy (non-hydrogen) atoms. The van der Waals surface area contributed by atoms with Crippen LogP contribution in [0.5, 0.6) is 0 Å². The molecule has 0 radical (unpaired) electrons. The molecular formula is C13H17FN2O4S. The van der Waals surface area contributed by atoms with E-state index in [0.717, 1.165) is 12.1 Å². The number of carbonyl (C=O) groups is 1. The number of nitro groups is 1. The van der Waals surface area contributed by atoms with Crippen LogP contribution in [-0.2, 0) is 10.8 Å². The van der Waals surface area contributed by atoms with Gasteiger partial charge in [-0.3, -0.25) is 19.1 Å². The van der Waals surface area contributed by atoms with E-state index in [4.69, 9.17) is 0 Å². The molecule has 2 atom stereocenters. The van der Waals surface area contributed by atoms with E-state index in [1.165, 1.54) is 6.92 Å². The molecule has 116 valence electrons. The van der Waals surface area contributed by atoms with E-state index >= 15 is 0 Å². The third-order valence-electron chi connectivity index (χ3n) is 3.10. The fraction of sp³-hybridized carbons (Fsp3) is 0.462. The van der Waals surface area contributed by atoms with Crippen molar-refractivity contribution >= 4 is 22.4 Å². The minimum atomic E-state index is -1.00. The average molecular weight is 316 g/mol.